The van der Waals surface area contributed by atoms with Gasteiger partial charge in [-0.15, -0.1) is 0 Å². The molecule has 11 nitrogen and oxygen atoms in total. The lowest BCUT2D eigenvalue weighted by molar-refractivity contribution is -0.148. The van der Waals surface area contributed by atoms with Crippen LogP contribution in [-0.2, 0) is 29.1 Å². The maximum absolute atomic E-state index is 14.1. The zero-order chi connectivity index (χ0) is 31.5. The van der Waals surface area contributed by atoms with E-state index in [1.54, 1.807) is 57.4 Å². The fraction of sp³-hybridized carbons (Fsp3) is 0.387. The molecular formula is C31H35FN4O7. The average Bonchev–Trinajstić information content (AvgIpc) is 2.92. The van der Waals surface area contributed by atoms with Crippen molar-refractivity contribution in [2.24, 2.45) is 17.6 Å². The van der Waals surface area contributed by atoms with Gasteiger partial charge < -0.3 is 36.4 Å². The summed E-state index contributed by atoms with van der Waals surface area (Å²) in [5, 5.41) is 48.7. The Bertz CT molecular complexity index is 1620. The number of carbonyl (C=O) groups excluding carboxylic acids is 3. The lowest BCUT2D eigenvalue weighted by Gasteiger charge is -2.50. The van der Waals surface area contributed by atoms with Crippen molar-refractivity contribution in [3.05, 3.63) is 81.1 Å². The van der Waals surface area contributed by atoms with Gasteiger partial charge in [0.15, 0.2) is 11.4 Å². The van der Waals surface area contributed by atoms with Crippen LogP contribution in [0.4, 0.5) is 10.1 Å². The second kappa shape index (κ2) is 10.8. The number of rotatable bonds is 7. The number of hydrogen-bond donors (Lipinski definition) is 6. The second-order valence-corrected chi connectivity index (χ2v) is 11.8. The van der Waals surface area contributed by atoms with Gasteiger partial charge in [0.2, 0.25) is 5.78 Å². The summed E-state index contributed by atoms with van der Waals surface area (Å²) in [7, 11) is 6.73. The molecule has 0 aromatic heterocycles. The number of amides is 1. The zero-order valence-electron chi connectivity index (χ0n) is 24.3. The number of allylic oxidation sites excluding steroid dienone is 1. The smallest absolute Gasteiger partial charge is 0.255 e. The minimum absolute atomic E-state index is 0.00530. The van der Waals surface area contributed by atoms with Crippen molar-refractivity contribution in [3.63, 3.8) is 0 Å². The molecule has 4 unspecified atom stereocenters. The molecule has 0 saturated heterocycles. The van der Waals surface area contributed by atoms with Gasteiger partial charge in [0.25, 0.3) is 5.91 Å². The molecule has 0 radical (unpaired) electrons. The summed E-state index contributed by atoms with van der Waals surface area (Å²) in [6, 6.07) is 6.95. The molecule has 0 heterocycles. The number of nitrogens with two attached hydrogens (primary N) is 1. The number of aliphatic hydroxyl groups excluding tert-OH is 2. The first-order valence-corrected chi connectivity index (χ1v) is 13.9. The Hall–Kier alpha value is -4.26. The molecule has 2 aromatic carbocycles. The molecule has 0 saturated carbocycles. The van der Waals surface area contributed by atoms with Crippen LogP contribution >= 0.6 is 0 Å². The molecule has 0 fully saturated rings. The van der Waals surface area contributed by atoms with Gasteiger partial charge in [0.1, 0.15) is 28.7 Å². The van der Waals surface area contributed by atoms with Gasteiger partial charge in [-0.25, -0.2) is 4.39 Å². The first-order chi connectivity index (χ1) is 20.2. The molecule has 43 heavy (non-hydrogen) atoms. The van der Waals surface area contributed by atoms with Gasteiger partial charge in [0.05, 0.1) is 11.6 Å². The third kappa shape index (κ3) is 4.57. The normalized spacial score (nSPS) is 25.0. The van der Waals surface area contributed by atoms with Crippen molar-refractivity contribution in [2.45, 2.75) is 37.6 Å². The molecule has 3 aliphatic carbocycles. The number of likely N-dealkylation sites (N-methyl/N-ethyl adjacent to an activating group) is 1. The maximum atomic E-state index is 14.1. The van der Waals surface area contributed by atoms with Crippen molar-refractivity contribution in [1.82, 2.24) is 10.2 Å². The van der Waals surface area contributed by atoms with E-state index in [0.29, 0.717) is 22.4 Å². The number of carbonyl (C=O) groups is 3. The number of Topliss-reactive ketones (excluding diaryl/α,β-unsaturated/α-hetero) is 2. The summed E-state index contributed by atoms with van der Waals surface area (Å²) in [5.41, 5.74) is 3.48. The van der Waals surface area contributed by atoms with Gasteiger partial charge in [0, 0.05) is 55.5 Å². The van der Waals surface area contributed by atoms with Crippen LogP contribution < -0.4 is 16.0 Å². The largest absolute Gasteiger partial charge is 0.510 e. The topological polar surface area (TPSA) is 177 Å². The minimum Gasteiger partial charge on any atom is -0.510 e. The number of aromatic hydroxyl groups is 1. The lowest BCUT2D eigenvalue weighted by atomic mass is 9.58. The third-order valence-electron chi connectivity index (χ3n) is 8.85. The predicted molar refractivity (Wildman–Crippen MR) is 155 cm³/mol. The highest BCUT2D eigenvalue weighted by molar-refractivity contribution is 6.25. The standard InChI is InChI=1S/C31H35FN4O7/c1-35(2)20-11-16(13-34-12-14-7-5-6-8-19(14)32)25(37)22-17(20)9-15-10-18-24(36(3)4)27(39)23(30(33)42)29(41)31(18,43)28(40)21(15)26(22)38/h5-8,11,15,18,24,34,37,39-40,43H,9-10,12-13H2,1-4H3,(H2,33,42). The van der Waals surface area contributed by atoms with Crippen LogP contribution in [0.15, 0.2) is 53.0 Å². The summed E-state index contributed by atoms with van der Waals surface area (Å²) < 4.78 is 14.1. The van der Waals surface area contributed by atoms with E-state index >= 15 is 0 Å². The first-order valence-electron chi connectivity index (χ1n) is 13.9. The van der Waals surface area contributed by atoms with Crippen LogP contribution in [0.25, 0.3) is 0 Å². The summed E-state index contributed by atoms with van der Waals surface area (Å²) in [6.45, 7) is 0.242. The Morgan fingerprint density at radius 1 is 1.09 bits per heavy atom. The monoisotopic (exact) mass is 594 g/mol. The number of primary amides is 1. The van der Waals surface area contributed by atoms with Crippen LogP contribution in [0, 0.1) is 17.7 Å². The summed E-state index contributed by atoms with van der Waals surface area (Å²) in [4.78, 5) is 43.1. The second-order valence-electron chi connectivity index (χ2n) is 11.8. The highest BCUT2D eigenvalue weighted by atomic mass is 19.1. The summed E-state index contributed by atoms with van der Waals surface area (Å²) in [5.74, 6) is -7.35. The molecule has 228 valence electrons. The van der Waals surface area contributed by atoms with Gasteiger partial charge in [-0.3, -0.25) is 19.3 Å². The quantitative estimate of drug-likeness (QED) is 0.258. The molecule has 0 bridgehead atoms. The Morgan fingerprint density at radius 2 is 1.74 bits per heavy atom. The van der Waals surface area contributed by atoms with Crippen molar-refractivity contribution in [2.75, 3.05) is 33.1 Å². The number of halogens is 1. The molecule has 3 aliphatic rings. The van der Waals surface area contributed by atoms with Crippen LogP contribution in [-0.4, -0.2) is 82.6 Å². The van der Waals surface area contributed by atoms with Crippen molar-refractivity contribution in [3.8, 4) is 5.75 Å². The fourth-order valence-corrected chi connectivity index (χ4v) is 6.86. The van der Waals surface area contributed by atoms with E-state index in [0.717, 1.165) is 0 Å². The number of aliphatic hydroxyl groups is 3. The Kier molecular flexibility index (Phi) is 7.57. The van der Waals surface area contributed by atoms with Gasteiger partial charge >= 0.3 is 0 Å². The van der Waals surface area contributed by atoms with E-state index < -0.39 is 58.0 Å². The van der Waals surface area contributed by atoms with Crippen molar-refractivity contribution < 1.29 is 39.2 Å². The van der Waals surface area contributed by atoms with Gasteiger partial charge in [-0.05, 0) is 50.6 Å². The van der Waals surface area contributed by atoms with E-state index in [4.69, 9.17) is 5.73 Å². The van der Waals surface area contributed by atoms with E-state index in [1.807, 2.05) is 0 Å². The molecule has 2 aromatic rings. The van der Waals surface area contributed by atoms with E-state index in [1.165, 1.54) is 11.0 Å². The summed E-state index contributed by atoms with van der Waals surface area (Å²) in [6.07, 6.45) is 0.184. The molecule has 0 aliphatic heterocycles. The van der Waals surface area contributed by atoms with Crippen molar-refractivity contribution >= 4 is 23.2 Å². The van der Waals surface area contributed by atoms with Crippen molar-refractivity contribution in [1.29, 1.82) is 0 Å². The molecule has 1 amide bonds. The summed E-state index contributed by atoms with van der Waals surface area (Å²) >= 11 is 0. The molecule has 7 N–H and O–H groups in total. The average molecular weight is 595 g/mol. The van der Waals surface area contributed by atoms with E-state index in [-0.39, 0.29) is 48.6 Å². The molecule has 4 atom stereocenters. The maximum Gasteiger partial charge on any atom is 0.255 e. The Morgan fingerprint density at radius 3 is 2.35 bits per heavy atom. The van der Waals surface area contributed by atoms with E-state index in [9.17, 15) is 39.2 Å². The molecule has 5 rings (SSSR count). The van der Waals surface area contributed by atoms with Crippen LogP contribution in [0.5, 0.6) is 5.75 Å². The molecule has 12 heteroatoms. The fourth-order valence-electron chi connectivity index (χ4n) is 6.86. The van der Waals surface area contributed by atoms with E-state index in [2.05, 4.69) is 5.32 Å². The highest BCUT2D eigenvalue weighted by Crippen LogP contribution is 2.53. The number of nitrogens with one attached hydrogen (secondary N) is 1. The number of nitrogens with zero attached hydrogens (tertiary/aromatic N) is 2. The molecular weight excluding hydrogens is 559 g/mol. The third-order valence-corrected chi connectivity index (χ3v) is 8.85. The van der Waals surface area contributed by atoms with Gasteiger partial charge in [-0.2, -0.15) is 0 Å². The minimum atomic E-state index is -2.70. The lowest BCUT2D eigenvalue weighted by Crippen LogP contribution is -2.63. The van der Waals surface area contributed by atoms with Crippen LogP contribution in [0.3, 0.4) is 0 Å². The Labute approximate surface area is 247 Å². The number of ketones is 2. The first kappa shape index (κ1) is 30.2. The SMILES string of the molecule is CN(C)c1cc(CNCc2ccccc2F)c(O)c2c1CC1CC3C(N(C)C)C(O)=C(C(N)=O)C(=O)C3(O)C(O)=C1C2=O. The molecule has 0 spiro atoms. The van der Waals surface area contributed by atoms with Crippen LogP contribution in [0.2, 0.25) is 0 Å². The highest BCUT2D eigenvalue weighted by Gasteiger charge is 2.63. The van der Waals surface area contributed by atoms with Crippen LogP contribution in [0.1, 0.15) is 33.5 Å². The number of anilines is 1. The van der Waals surface area contributed by atoms with Gasteiger partial charge in [-0.1, -0.05) is 18.2 Å². The number of fused-ring (bicyclic) bond motifs is 3. The Balaban J connectivity index is 1.60. The number of phenols is 1. The number of benzene rings is 2. The predicted octanol–water partition coefficient (Wildman–Crippen LogP) is 1.62. The number of hydrogen-bond acceptors (Lipinski definition) is 10. The zero-order valence-corrected chi connectivity index (χ0v) is 24.3. The number of phenolic OH excluding ortho intramolecular Hbond substituents is 1.